The number of aryl methyl sites for hydroxylation is 1. The molecule has 0 spiro atoms. The maximum Gasteiger partial charge on any atom is 0.255 e. The van der Waals surface area contributed by atoms with Crippen LogP contribution in [0.1, 0.15) is 57.8 Å². The molecule has 1 aromatic heterocycles. The van der Waals surface area contributed by atoms with E-state index in [4.69, 9.17) is 17.3 Å². The van der Waals surface area contributed by atoms with Gasteiger partial charge >= 0.3 is 0 Å². The van der Waals surface area contributed by atoms with Crippen LogP contribution in [0.5, 0.6) is 0 Å². The maximum atomic E-state index is 12.7. The summed E-state index contributed by atoms with van der Waals surface area (Å²) in [5.41, 5.74) is 9.90. The Balaban J connectivity index is 0.00000233. The van der Waals surface area contributed by atoms with Crippen molar-refractivity contribution < 1.29 is 4.79 Å². The first-order valence-electron chi connectivity index (χ1n) is 10.5. The highest BCUT2D eigenvalue weighted by atomic mass is 35.5. The van der Waals surface area contributed by atoms with Crippen LogP contribution in [0.2, 0.25) is 5.02 Å². The summed E-state index contributed by atoms with van der Waals surface area (Å²) in [7, 11) is 1.87. The van der Waals surface area contributed by atoms with E-state index in [1.54, 1.807) is 18.2 Å². The van der Waals surface area contributed by atoms with Crippen molar-refractivity contribution in [1.29, 1.82) is 0 Å². The molecular formula is C24H34ClN5O. The average molecular weight is 444 g/mol. The molecule has 1 aromatic carbocycles. The van der Waals surface area contributed by atoms with Crippen LogP contribution in [0.3, 0.4) is 0 Å². The van der Waals surface area contributed by atoms with Crippen molar-refractivity contribution >= 4 is 29.0 Å². The molecule has 0 fully saturated rings. The molecule has 0 bridgehead atoms. The highest BCUT2D eigenvalue weighted by Gasteiger charge is 2.10. The van der Waals surface area contributed by atoms with Gasteiger partial charge < -0.3 is 15.6 Å². The number of rotatable bonds is 7. The van der Waals surface area contributed by atoms with E-state index in [0.717, 1.165) is 12.1 Å². The van der Waals surface area contributed by atoms with Gasteiger partial charge in [0.15, 0.2) is 0 Å². The molecule has 31 heavy (non-hydrogen) atoms. The van der Waals surface area contributed by atoms with Gasteiger partial charge in [0, 0.05) is 36.9 Å². The Kier molecular flexibility index (Phi) is 11.4. The second kappa shape index (κ2) is 13.4. The molecule has 0 saturated heterocycles. The molecule has 0 radical (unpaired) electrons. The largest absolute Gasteiger partial charge is 0.387 e. The van der Waals surface area contributed by atoms with Crippen molar-refractivity contribution in [2.24, 2.45) is 22.8 Å². The van der Waals surface area contributed by atoms with Gasteiger partial charge in [0.25, 0.3) is 5.91 Å². The highest BCUT2D eigenvalue weighted by molar-refractivity contribution is 6.30. The van der Waals surface area contributed by atoms with Gasteiger partial charge in [-0.3, -0.25) is 4.79 Å². The number of carbonyl (C=O) groups is 1. The summed E-state index contributed by atoms with van der Waals surface area (Å²) >= 11 is 5.95. The quantitative estimate of drug-likeness (QED) is 0.459. The number of aromatic nitrogens is 1. The average Bonchev–Trinajstić information content (AvgIpc) is 2.75. The number of nitrogens with two attached hydrogens (primary N) is 1. The van der Waals surface area contributed by atoms with Crippen molar-refractivity contribution in [2.75, 3.05) is 6.54 Å². The summed E-state index contributed by atoms with van der Waals surface area (Å²) in [5, 5.41) is 3.50. The molecule has 6 nitrogen and oxygen atoms in total. The minimum absolute atomic E-state index is 0.197. The Morgan fingerprint density at radius 3 is 2.55 bits per heavy atom. The fraction of sp³-hybridized carbons (Fsp3) is 0.375. The lowest BCUT2D eigenvalue weighted by Crippen LogP contribution is -2.34. The second-order valence-electron chi connectivity index (χ2n) is 6.78. The lowest BCUT2D eigenvalue weighted by molar-refractivity contribution is 0.0952. The second-order valence-corrected chi connectivity index (χ2v) is 7.21. The van der Waals surface area contributed by atoms with E-state index in [1.165, 1.54) is 5.57 Å². The van der Waals surface area contributed by atoms with Crippen LogP contribution >= 0.6 is 11.6 Å². The summed E-state index contributed by atoms with van der Waals surface area (Å²) in [6, 6.07) is 10.7. The van der Waals surface area contributed by atoms with Gasteiger partial charge in [-0.1, -0.05) is 44.0 Å². The first-order valence-corrected chi connectivity index (χ1v) is 10.9. The standard InChI is InChI=1S/C22H28ClN5O.C2H6/c1-5-15(2)16(3)26-21-19(10-7-13-28(21)4)22(29)25-12-11-20(24)27-18-9-6-8-17(23)14-18;1-2/h6-10,13-14H,5,11-12H2,1-4H3,(H2,24,27)(H,25,29);1-2H3. The first kappa shape index (κ1) is 26.2. The van der Waals surface area contributed by atoms with Gasteiger partial charge in [-0.2, -0.15) is 0 Å². The van der Waals surface area contributed by atoms with Crippen LogP contribution in [0.25, 0.3) is 0 Å². The number of halogens is 1. The Bertz CT molecular complexity index is 1010. The Hall–Kier alpha value is -2.86. The molecule has 0 aliphatic carbocycles. The third kappa shape index (κ3) is 8.42. The smallest absolute Gasteiger partial charge is 0.255 e. The molecule has 0 aliphatic rings. The highest BCUT2D eigenvalue weighted by Crippen LogP contribution is 2.17. The lowest BCUT2D eigenvalue weighted by Gasteiger charge is -2.09. The number of benzene rings is 1. The fourth-order valence-electron chi connectivity index (χ4n) is 2.60. The first-order chi connectivity index (χ1) is 14.8. The van der Waals surface area contributed by atoms with Gasteiger partial charge in [0.2, 0.25) is 0 Å². The van der Waals surface area contributed by atoms with Crippen molar-refractivity contribution in [3.05, 3.63) is 69.9 Å². The molecule has 0 aliphatic heterocycles. The number of nitrogens with one attached hydrogen (secondary N) is 1. The number of allylic oxidation sites excluding steroid dienone is 2. The summed E-state index contributed by atoms with van der Waals surface area (Å²) in [6.07, 6.45) is 3.22. The molecule has 168 valence electrons. The van der Waals surface area contributed by atoms with E-state index in [9.17, 15) is 4.79 Å². The zero-order valence-corrected chi connectivity index (χ0v) is 20.1. The van der Waals surface area contributed by atoms with Crippen LogP contribution in [0, 0.1) is 0 Å². The van der Waals surface area contributed by atoms with Crippen LogP contribution in [-0.4, -0.2) is 22.9 Å². The van der Waals surface area contributed by atoms with E-state index in [0.29, 0.717) is 40.6 Å². The topological polar surface area (TPSA) is 84.8 Å². The molecular weight excluding hydrogens is 410 g/mol. The molecule has 0 atom stereocenters. The minimum atomic E-state index is -0.197. The van der Waals surface area contributed by atoms with Crippen LogP contribution in [0.4, 0.5) is 5.69 Å². The van der Waals surface area contributed by atoms with Gasteiger partial charge in [-0.05, 0) is 50.6 Å². The number of amidine groups is 1. The lowest BCUT2D eigenvalue weighted by atomic mass is 10.2. The third-order valence-electron chi connectivity index (χ3n) is 4.56. The summed E-state index contributed by atoms with van der Waals surface area (Å²) in [6.45, 7) is 10.5. The summed E-state index contributed by atoms with van der Waals surface area (Å²) in [5.74, 6) is 0.228. The molecule has 0 saturated carbocycles. The number of aliphatic imine (C=N–C) groups is 1. The Labute approximate surface area is 190 Å². The van der Waals surface area contributed by atoms with Crippen molar-refractivity contribution in [3.8, 4) is 0 Å². The number of hydrogen-bond acceptors (Lipinski definition) is 3. The molecule has 0 unspecified atom stereocenters. The zero-order valence-electron chi connectivity index (χ0n) is 19.4. The van der Waals surface area contributed by atoms with Gasteiger partial charge in [0.1, 0.15) is 11.3 Å². The van der Waals surface area contributed by atoms with E-state index in [1.807, 2.05) is 63.7 Å². The molecule has 1 heterocycles. The van der Waals surface area contributed by atoms with E-state index >= 15 is 0 Å². The van der Waals surface area contributed by atoms with E-state index in [-0.39, 0.29) is 5.91 Å². The fourth-order valence-corrected chi connectivity index (χ4v) is 2.78. The number of hydrogen-bond donors (Lipinski definition) is 2. The van der Waals surface area contributed by atoms with Gasteiger partial charge in [-0.15, -0.1) is 0 Å². The number of amides is 1. The molecule has 7 heteroatoms. The Morgan fingerprint density at radius 2 is 1.90 bits per heavy atom. The number of pyridine rings is 1. The van der Waals surface area contributed by atoms with E-state index in [2.05, 4.69) is 22.2 Å². The molecule has 2 rings (SSSR count). The van der Waals surface area contributed by atoms with Crippen molar-refractivity contribution in [1.82, 2.24) is 9.88 Å². The number of carbonyl (C=O) groups excluding carboxylic acids is 1. The van der Waals surface area contributed by atoms with Gasteiger partial charge in [0.05, 0.1) is 11.3 Å². The van der Waals surface area contributed by atoms with Gasteiger partial charge in [-0.25, -0.2) is 9.98 Å². The van der Waals surface area contributed by atoms with Crippen LogP contribution in [-0.2, 0) is 7.05 Å². The van der Waals surface area contributed by atoms with E-state index < -0.39 is 0 Å². The SMILES string of the molecule is CC.CCC(C)=C(C)N=c1c(C(=O)NCCC(N)=Nc2cccc(Cl)c2)cccn1C. The summed E-state index contributed by atoms with van der Waals surface area (Å²) < 4.78 is 1.84. The minimum Gasteiger partial charge on any atom is -0.387 e. The zero-order chi connectivity index (χ0) is 23.4. The summed E-state index contributed by atoms with van der Waals surface area (Å²) in [4.78, 5) is 21.7. The Morgan fingerprint density at radius 1 is 1.19 bits per heavy atom. The predicted octanol–water partition coefficient (Wildman–Crippen LogP) is 5.12. The van der Waals surface area contributed by atoms with Crippen molar-refractivity contribution in [3.63, 3.8) is 0 Å². The van der Waals surface area contributed by atoms with Crippen molar-refractivity contribution in [2.45, 2.75) is 47.5 Å². The normalized spacial score (nSPS) is 12.6. The number of nitrogens with zero attached hydrogens (tertiary/aromatic N) is 3. The molecule has 3 N–H and O–H groups in total. The third-order valence-corrected chi connectivity index (χ3v) is 4.80. The maximum absolute atomic E-state index is 12.7. The molecule has 2 aromatic rings. The monoisotopic (exact) mass is 443 g/mol. The van der Waals surface area contributed by atoms with Crippen LogP contribution < -0.4 is 16.5 Å². The predicted molar refractivity (Wildman–Crippen MR) is 131 cm³/mol. The molecule has 1 amide bonds. The van der Waals surface area contributed by atoms with Crippen LogP contribution in [0.15, 0.2) is 63.8 Å².